The van der Waals surface area contributed by atoms with E-state index >= 15 is 0 Å². The molecule has 1 N–H and O–H groups in total. The molecule has 2 amide bonds. The van der Waals surface area contributed by atoms with Crippen LogP contribution in [-0.2, 0) is 4.79 Å². The molecule has 0 saturated heterocycles. The van der Waals surface area contributed by atoms with Crippen LogP contribution in [0.1, 0.15) is 37.6 Å². The fourth-order valence-corrected chi connectivity index (χ4v) is 4.63. The Morgan fingerprint density at radius 3 is 2.55 bits per heavy atom. The van der Waals surface area contributed by atoms with Crippen LogP contribution in [0.15, 0.2) is 53.4 Å². The highest BCUT2D eigenvalue weighted by atomic mass is 32.2. The Morgan fingerprint density at radius 2 is 1.79 bits per heavy atom. The highest BCUT2D eigenvalue weighted by molar-refractivity contribution is 8.00. The Morgan fingerprint density at radius 1 is 1.10 bits per heavy atom. The van der Waals surface area contributed by atoms with E-state index in [0.717, 1.165) is 17.0 Å². The molecular weight excluding hydrogens is 382 g/mol. The topological polar surface area (TPSA) is 52.7 Å². The molecule has 3 rings (SSSR count). The second-order valence-electron chi connectivity index (χ2n) is 7.11. The van der Waals surface area contributed by atoms with E-state index in [1.807, 2.05) is 73.0 Å². The highest BCUT2D eigenvalue weighted by Crippen LogP contribution is 2.37. The van der Waals surface area contributed by atoms with E-state index in [1.165, 1.54) is 0 Å². The van der Waals surface area contributed by atoms with Crippen molar-refractivity contribution >= 4 is 35.0 Å². The van der Waals surface area contributed by atoms with Crippen molar-refractivity contribution in [1.82, 2.24) is 4.90 Å². The first-order valence-corrected chi connectivity index (χ1v) is 11.1. The monoisotopic (exact) mass is 411 g/mol. The number of amides is 2. The molecule has 1 atom stereocenters. The number of hydrogen-bond acceptors (Lipinski definition) is 4. The zero-order valence-electron chi connectivity index (χ0n) is 17.4. The summed E-state index contributed by atoms with van der Waals surface area (Å²) in [7, 11) is 0. The first-order valence-electron chi connectivity index (χ1n) is 10.2. The van der Waals surface area contributed by atoms with Gasteiger partial charge in [-0.1, -0.05) is 31.2 Å². The molecule has 0 radical (unpaired) electrons. The standard InChI is InChI=1S/C23H29N3O2S/c1-4-25(5-2)23(28)18-10-6-7-11-19(18)24-16-22(27)26-15-14-17(3)29-21-13-9-8-12-20(21)26/h6-13,17,24H,4-5,14-16H2,1-3H3. The van der Waals surface area contributed by atoms with E-state index < -0.39 is 0 Å². The van der Waals surface area contributed by atoms with Crippen molar-refractivity contribution in [3.05, 3.63) is 54.1 Å². The number of fused-ring (bicyclic) bond motifs is 1. The van der Waals surface area contributed by atoms with Gasteiger partial charge in [-0.2, -0.15) is 0 Å². The lowest BCUT2D eigenvalue weighted by atomic mass is 10.1. The van der Waals surface area contributed by atoms with Gasteiger partial charge < -0.3 is 15.1 Å². The summed E-state index contributed by atoms with van der Waals surface area (Å²) in [4.78, 5) is 30.7. The number of nitrogens with one attached hydrogen (secondary N) is 1. The lowest BCUT2D eigenvalue weighted by Gasteiger charge is -2.24. The molecule has 29 heavy (non-hydrogen) atoms. The number of para-hydroxylation sites is 2. The number of benzene rings is 2. The number of hydrogen-bond donors (Lipinski definition) is 1. The number of anilines is 2. The number of carbonyl (C=O) groups is 2. The maximum Gasteiger partial charge on any atom is 0.255 e. The molecule has 0 spiro atoms. The van der Waals surface area contributed by atoms with E-state index in [9.17, 15) is 9.59 Å². The second-order valence-corrected chi connectivity index (χ2v) is 8.59. The number of nitrogens with zero attached hydrogens (tertiary/aromatic N) is 2. The predicted octanol–water partition coefficient (Wildman–Crippen LogP) is 4.50. The van der Waals surface area contributed by atoms with E-state index in [4.69, 9.17) is 0 Å². The second kappa shape index (κ2) is 9.83. The Kier molecular flexibility index (Phi) is 7.20. The van der Waals surface area contributed by atoms with Crippen molar-refractivity contribution in [2.45, 2.75) is 37.3 Å². The van der Waals surface area contributed by atoms with E-state index in [-0.39, 0.29) is 18.4 Å². The van der Waals surface area contributed by atoms with Gasteiger partial charge in [0.15, 0.2) is 0 Å². The summed E-state index contributed by atoms with van der Waals surface area (Å²) in [6.45, 7) is 8.30. The smallest absolute Gasteiger partial charge is 0.255 e. The van der Waals surface area contributed by atoms with Gasteiger partial charge in [-0.3, -0.25) is 9.59 Å². The molecule has 0 bridgehead atoms. The molecule has 2 aromatic rings. The maximum atomic E-state index is 13.1. The van der Waals surface area contributed by atoms with Crippen LogP contribution >= 0.6 is 11.8 Å². The van der Waals surface area contributed by atoms with Gasteiger partial charge in [0.25, 0.3) is 5.91 Å². The molecule has 0 fully saturated rings. The van der Waals surface area contributed by atoms with Gasteiger partial charge in [-0.05, 0) is 44.5 Å². The molecule has 1 heterocycles. The molecule has 0 aliphatic carbocycles. The van der Waals surface area contributed by atoms with Crippen LogP contribution in [0.2, 0.25) is 0 Å². The molecule has 2 aromatic carbocycles. The summed E-state index contributed by atoms with van der Waals surface area (Å²) in [6, 6.07) is 15.5. The Balaban J connectivity index is 1.76. The Bertz CT molecular complexity index is 867. The summed E-state index contributed by atoms with van der Waals surface area (Å²) in [6.07, 6.45) is 0.947. The third-order valence-electron chi connectivity index (χ3n) is 5.18. The van der Waals surface area contributed by atoms with Gasteiger partial charge in [0.05, 0.1) is 17.8 Å². The first-order chi connectivity index (χ1) is 14.0. The normalized spacial score (nSPS) is 16.0. The molecule has 6 heteroatoms. The Hall–Kier alpha value is -2.47. The number of rotatable bonds is 6. The molecule has 0 aromatic heterocycles. The Labute approximate surface area is 177 Å². The van der Waals surface area contributed by atoms with E-state index in [1.54, 1.807) is 4.90 Å². The third kappa shape index (κ3) is 4.93. The number of carbonyl (C=O) groups excluding carboxylic acids is 2. The predicted molar refractivity (Wildman–Crippen MR) is 121 cm³/mol. The summed E-state index contributed by atoms with van der Waals surface area (Å²) in [5, 5.41) is 3.68. The van der Waals surface area contributed by atoms with E-state index in [2.05, 4.69) is 18.3 Å². The van der Waals surface area contributed by atoms with Gasteiger partial charge >= 0.3 is 0 Å². The lowest BCUT2D eigenvalue weighted by molar-refractivity contribution is -0.117. The van der Waals surface area contributed by atoms with Crippen LogP contribution < -0.4 is 10.2 Å². The molecule has 154 valence electrons. The highest BCUT2D eigenvalue weighted by Gasteiger charge is 2.24. The molecule has 1 aliphatic rings. The summed E-state index contributed by atoms with van der Waals surface area (Å²) in [5.41, 5.74) is 2.27. The van der Waals surface area contributed by atoms with Crippen molar-refractivity contribution in [3.8, 4) is 0 Å². The van der Waals surface area contributed by atoms with Gasteiger partial charge in [-0.15, -0.1) is 11.8 Å². The van der Waals surface area contributed by atoms with Crippen molar-refractivity contribution in [3.63, 3.8) is 0 Å². The first kappa shape index (κ1) is 21.2. The molecular formula is C23H29N3O2S. The minimum absolute atomic E-state index is 0.0113. The van der Waals surface area contributed by atoms with Crippen LogP contribution in [-0.4, -0.2) is 48.1 Å². The van der Waals surface area contributed by atoms with Crippen LogP contribution in [0.3, 0.4) is 0 Å². The molecule has 0 saturated carbocycles. The van der Waals surface area contributed by atoms with Crippen molar-refractivity contribution in [2.24, 2.45) is 0 Å². The van der Waals surface area contributed by atoms with Gasteiger partial charge in [0.2, 0.25) is 5.91 Å². The fraction of sp³-hybridized carbons (Fsp3) is 0.391. The van der Waals surface area contributed by atoms with Gasteiger partial charge in [0.1, 0.15) is 0 Å². The minimum Gasteiger partial charge on any atom is -0.375 e. The molecule has 5 nitrogen and oxygen atoms in total. The summed E-state index contributed by atoms with van der Waals surface area (Å²) >= 11 is 1.82. The van der Waals surface area contributed by atoms with Crippen molar-refractivity contribution < 1.29 is 9.59 Å². The van der Waals surface area contributed by atoms with Crippen molar-refractivity contribution in [2.75, 3.05) is 36.4 Å². The van der Waals surface area contributed by atoms with Crippen LogP contribution in [0.4, 0.5) is 11.4 Å². The van der Waals surface area contributed by atoms with E-state index in [0.29, 0.717) is 36.1 Å². The quantitative estimate of drug-likeness (QED) is 0.761. The maximum absolute atomic E-state index is 13.1. The van der Waals surface area contributed by atoms with Gasteiger partial charge in [-0.25, -0.2) is 0 Å². The summed E-state index contributed by atoms with van der Waals surface area (Å²) in [5.74, 6) is -0.00636. The van der Waals surface area contributed by atoms with Crippen molar-refractivity contribution in [1.29, 1.82) is 0 Å². The van der Waals surface area contributed by atoms with Gasteiger partial charge in [0, 0.05) is 35.5 Å². The van der Waals surface area contributed by atoms with Crippen LogP contribution in [0.25, 0.3) is 0 Å². The lowest BCUT2D eigenvalue weighted by Crippen LogP contribution is -2.37. The fourth-order valence-electron chi connectivity index (χ4n) is 3.52. The largest absolute Gasteiger partial charge is 0.375 e. The average molecular weight is 412 g/mol. The number of thioether (sulfide) groups is 1. The minimum atomic E-state index is -0.0177. The SMILES string of the molecule is CCN(CC)C(=O)c1ccccc1NCC(=O)N1CCC(C)Sc2ccccc21. The zero-order chi connectivity index (χ0) is 20.8. The molecule has 1 aliphatic heterocycles. The average Bonchev–Trinajstić information content (AvgIpc) is 2.91. The van der Waals surface area contributed by atoms with Crippen LogP contribution in [0.5, 0.6) is 0 Å². The summed E-state index contributed by atoms with van der Waals surface area (Å²) < 4.78 is 0. The van der Waals surface area contributed by atoms with Crippen LogP contribution in [0, 0.1) is 0 Å². The zero-order valence-corrected chi connectivity index (χ0v) is 18.2. The third-order valence-corrected chi connectivity index (χ3v) is 6.42. The molecule has 1 unspecified atom stereocenters.